The molecule has 6 heteroatoms. The number of nitriles is 1. The van der Waals surface area contributed by atoms with Gasteiger partial charge in [-0.05, 0) is 30.7 Å². The van der Waals surface area contributed by atoms with E-state index in [0.29, 0.717) is 25.1 Å². The molecule has 0 heterocycles. The van der Waals surface area contributed by atoms with Gasteiger partial charge in [-0.3, -0.25) is 0 Å². The predicted molar refractivity (Wildman–Crippen MR) is 77.0 cm³/mol. The van der Waals surface area contributed by atoms with Crippen molar-refractivity contribution in [3.8, 4) is 6.07 Å². The van der Waals surface area contributed by atoms with Crippen LogP contribution >= 0.6 is 0 Å². The summed E-state index contributed by atoms with van der Waals surface area (Å²) in [6.45, 7) is 2.68. The Labute approximate surface area is 120 Å². The molecule has 0 aliphatic carbocycles. The fraction of sp³-hybridized carbons (Fsp3) is 0.500. The van der Waals surface area contributed by atoms with Crippen molar-refractivity contribution in [2.24, 2.45) is 0 Å². The van der Waals surface area contributed by atoms with Gasteiger partial charge in [0.05, 0.1) is 28.4 Å². The Kier molecular flexibility index (Phi) is 6.65. The molecule has 2 N–H and O–H groups in total. The van der Waals surface area contributed by atoms with Gasteiger partial charge in [-0.15, -0.1) is 0 Å². The summed E-state index contributed by atoms with van der Waals surface area (Å²) in [5.74, 6) is -0.0300. The molecule has 0 aromatic heterocycles. The standard InChI is InChI=1S/C14H20N2O3S/c1-2-3-13(17)11-16-8-9-20(18,19)14-6-4-12(10-15)5-7-14/h4-7,13,16-17H,2-3,8-9,11H2,1H3. The van der Waals surface area contributed by atoms with E-state index in [9.17, 15) is 13.5 Å². The number of rotatable bonds is 8. The van der Waals surface area contributed by atoms with E-state index in [4.69, 9.17) is 5.26 Å². The molecule has 0 aliphatic rings. The lowest BCUT2D eigenvalue weighted by Crippen LogP contribution is -2.30. The normalized spacial score (nSPS) is 12.8. The fourth-order valence-corrected chi connectivity index (χ4v) is 2.96. The molecule has 1 unspecified atom stereocenters. The molecule has 0 saturated heterocycles. The van der Waals surface area contributed by atoms with Crippen LogP contribution in [0.1, 0.15) is 25.3 Å². The summed E-state index contributed by atoms with van der Waals surface area (Å²) in [7, 11) is -3.35. The van der Waals surface area contributed by atoms with E-state index in [2.05, 4.69) is 5.32 Å². The van der Waals surface area contributed by atoms with Gasteiger partial charge in [-0.1, -0.05) is 13.3 Å². The van der Waals surface area contributed by atoms with Crippen LogP contribution in [0.15, 0.2) is 29.2 Å². The van der Waals surface area contributed by atoms with Crippen LogP contribution in [0, 0.1) is 11.3 Å². The highest BCUT2D eigenvalue weighted by molar-refractivity contribution is 7.91. The quantitative estimate of drug-likeness (QED) is 0.701. The number of aliphatic hydroxyl groups excluding tert-OH is 1. The van der Waals surface area contributed by atoms with E-state index >= 15 is 0 Å². The number of aliphatic hydroxyl groups is 1. The first kappa shape index (κ1) is 16.6. The lowest BCUT2D eigenvalue weighted by atomic mass is 10.2. The summed E-state index contributed by atoms with van der Waals surface area (Å²) in [6, 6.07) is 7.82. The molecule has 0 fully saturated rings. The van der Waals surface area contributed by atoms with E-state index < -0.39 is 15.9 Å². The molecule has 1 aromatic rings. The summed E-state index contributed by atoms with van der Waals surface area (Å²) in [6.07, 6.45) is 1.17. The van der Waals surface area contributed by atoms with Gasteiger partial charge in [0.1, 0.15) is 0 Å². The third-order valence-corrected chi connectivity index (χ3v) is 4.62. The molecule has 1 rings (SSSR count). The first-order valence-electron chi connectivity index (χ1n) is 6.61. The van der Waals surface area contributed by atoms with E-state index in [1.807, 2.05) is 13.0 Å². The van der Waals surface area contributed by atoms with Crippen molar-refractivity contribution in [1.82, 2.24) is 5.32 Å². The lowest BCUT2D eigenvalue weighted by molar-refractivity contribution is 0.161. The van der Waals surface area contributed by atoms with Crippen molar-refractivity contribution >= 4 is 9.84 Å². The van der Waals surface area contributed by atoms with Crippen molar-refractivity contribution in [1.29, 1.82) is 5.26 Å². The fourth-order valence-electron chi connectivity index (χ4n) is 1.77. The number of benzene rings is 1. The zero-order valence-corrected chi connectivity index (χ0v) is 12.4. The maximum absolute atomic E-state index is 12.0. The van der Waals surface area contributed by atoms with E-state index in [1.165, 1.54) is 24.3 Å². The smallest absolute Gasteiger partial charge is 0.179 e. The molecule has 0 amide bonds. The van der Waals surface area contributed by atoms with Crippen LogP contribution in [-0.2, 0) is 9.84 Å². The topological polar surface area (TPSA) is 90.2 Å². The van der Waals surface area contributed by atoms with Crippen molar-refractivity contribution in [2.45, 2.75) is 30.8 Å². The zero-order valence-electron chi connectivity index (χ0n) is 11.5. The monoisotopic (exact) mass is 296 g/mol. The van der Waals surface area contributed by atoms with Gasteiger partial charge in [0.2, 0.25) is 0 Å². The molecule has 1 aromatic carbocycles. The van der Waals surface area contributed by atoms with E-state index in [1.54, 1.807) is 0 Å². The van der Waals surface area contributed by atoms with Crippen molar-refractivity contribution in [3.05, 3.63) is 29.8 Å². The Morgan fingerprint density at radius 3 is 2.55 bits per heavy atom. The summed E-state index contributed by atoms with van der Waals surface area (Å²) in [5.41, 5.74) is 0.435. The van der Waals surface area contributed by atoms with Crippen LogP contribution in [0.3, 0.4) is 0 Å². The maximum Gasteiger partial charge on any atom is 0.179 e. The molecular formula is C14H20N2O3S. The van der Waals surface area contributed by atoms with Gasteiger partial charge in [-0.2, -0.15) is 5.26 Å². The largest absolute Gasteiger partial charge is 0.392 e. The first-order valence-corrected chi connectivity index (χ1v) is 8.26. The third-order valence-electron chi connectivity index (χ3n) is 2.89. The Hall–Kier alpha value is -1.42. The van der Waals surface area contributed by atoms with Crippen LogP contribution in [0.2, 0.25) is 0 Å². The van der Waals surface area contributed by atoms with Crippen LogP contribution in [-0.4, -0.2) is 38.5 Å². The van der Waals surface area contributed by atoms with Gasteiger partial charge < -0.3 is 10.4 Å². The molecule has 0 saturated carbocycles. The van der Waals surface area contributed by atoms with Crippen molar-refractivity contribution in [2.75, 3.05) is 18.8 Å². The molecule has 0 bridgehead atoms. The second-order valence-corrected chi connectivity index (χ2v) is 6.71. The number of nitrogens with one attached hydrogen (secondary N) is 1. The SMILES string of the molecule is CCCC(O)CNCCS(=O)(=O)c1ccc(C#N)cc1. The van der Waals surface area contributed by atoms with E-state index in [-0.39, 0.29) is 10.6 Å². The molecule has 0 spiro atoms. The molecule has 0 aliphatic heterocycles. The van der Waals surface area contributed by atoms with Gasteiger partial charge in [0.15, 0.2) is 9.84 Å². The molecular weight excluding hydrogens is 276 g/mol. The number of hydrogen-bond acceptors (Lipinski definition) is 5. The van der Waals surface area contributed by atoms with Crippen LogP contribution in [0.25, 0.3) is 0 Å². The lowest BCUT2D eigenvalue weighted by Gasteiger charge is -2.10. The number of hydrogen-bond donors (Lipinski definition) is 2. The summed E-state index contributed by atoms with van der Waals surface area (Å²) in [4.78, 5) is 0.215. The van der Waals surface area contributed by atoms with Gasteiger partial charge >= 0.3 is 0 Å². The first-order chi connectivity index (χ1) is 9.49. The van der Waals surface area contributed by atoms with Gasteiger partial charge in [-0.25, -0.2) is 8.42 Å². The third kappa shape index (κ3) is 5.29. The minimum Gasteiger partial charge on any atom is -0.392 e. The van der Waals surface area contributed by atoms with Crippen LogP contribution < -0.4 is 5.32 Å². The molecule has 0 radical (unpaired) electrons. The highest BCUT2D eigenvalue weighted by atomic mass is 32.2. The second kappa shape index (κ2) is 8.00. The van der Waals surface area contributed by atoms with Gasteiger partial charge in [0, 0.05) is 13.1 Å². The molecule has 110 valence electrons. The van der Waals surface area contributed by atoms with Crippen molar-refractivity contribution < 1.29 is 13.5 Å². The maximum atomic E-state index is 12.0. The minimum atomic E-state index is -3.35. The Bertz CT molecular complexity index is 547. The number of sulfone groups is 1. The number of nitrogens with zero attached hydrogens (tertiary/aromatic N) is 1. The Morgan fingerprint density at radius 2 is 2.00 bits per heavy atom. The Morgan fingerprint density at radius 1 is 1.35 bits per heavy atom. The summed E-state index contributed by atoms with van der Waals surface area (Å²) in [5, 5.41) is 21.1. The highest BCUT2D eigenvalue weighted by Crippen LogP contribution is 2.11. The van der Waals surface area contributed by atoms with Crippen LogP contribution in [0.5, 0.6) is 0 Å². The van der Waals surface area contributed by atoms with Crippen LogP contribution in [0.4, 0.5) is 0 Å². The molecule has 1 atom stereocenters. The summed E-state index contributed by atoms with van der Waals surface area (Å²) >= 11 is 0. The minimum absolute atomic E-state index is 0.0300. The average Bonchev–Trinajstić information content (AvgIpc) is 2.44. The summed E-state index contributed by atoms with van der Waals surface area (Å²) < 4.78 is 24.0. The average molecular weight is 296 g/mol. The zero-order chi connectivity index (χ0) is 15.0. The second-order valence-electron chi connectivity index (χ2n) is 4.60. The Balaban J connectivity index is 2.47. The van der Waals surface area contributed by atoms with E-state index in [0.717, 1.165) is 6.42 Å². The van der Waals surface area contributed by atoms with Gasteiger partial charge in [0.25, 0.3) is 0 Å². The molecule has 5 nitrogen and oxygen atoms in total. The highest BCUT2D eigenvalue weighted by Gasteiger charge is 2.14. The van der Waals surface area contributed by atoms with Crippen molar-refractivity contribution in [3.63, 3.8) is 0 Å². The molecule has 20 heavy (non-hydrogen) atoms. The predicted octanol–water partition coefficient (Wildman–Crippen LogP) is 1.08.